The highest BCUT2D eigenvalue weighted by molar-refractivity contribution is 5.68. The lowest BCUT2D eigenvalue weighted by atomic mass is 9.91. The van der Waals surface area contributed by atoms with Crippen molar-refractivity contribution < 1.29 is 9.53 Å². The second-order valence-electron chi connectivity index (χ2n) is 4.94. The Morgan fingerprint density at radius 1 is 1.37 bits per heavy atom. The number of ether oxygens (including phenoxy) is 1. The third-order valence-corrected chi connectivity index (χ3v) is 2.35. The second-order valence-corrected chi connectivity index (χ2v) is 4.94. The van der Waals surface area contributed by atoms with Crippen LogP contribution in [-0.4, -0.2) is 31.3 Å². The van der Waals surface area contributed by atoms with Gasteiger partial charge in [0.15, 0.2) is 11.6 Å². The van der Waals surface area contributed by atoms with Gasteiger partial charge >= 0.3 is 6.09 Å². The summed E-state index contributed by atoms with van der Waals surface area (Å²) in [6.07, 6.45) is 0.561. The van der Waals surface area contributed by atoms with Gasteiger partial charge in [-0.05, 0) is 22.6 Å². The van der Waals surface area contributed by atoms with Crippen molar-refractivity contribution in [2.75, 3.05) is 0 Å². The number of aromatic nitrogens is 5. The van der Waals surface area contributed by atoms with Crippen molar-refractivity contribution in [1.82, 2.24) is 25.2 Å². The molecular formula is C11H14N6O2. The smallest absolute Gasteiger partial charge is 0.409 e. The molecule has 2 heterocycles. The first-order valence-corrected chi connectivity index (χ1v) is 5.60. The van der Waals surface area contributed by atoms with E-state index in [4.69, 9.17) is 10.5 Å². The lowest BCUT2D eigenvalue weighted by Crippen LogP contribution is -2.22. The Morgan fingerprint density at radius 3 is 2.63 bits per heavy atom. The molecule has 0 aliphatic rings. The number of primary amides is 1. The van der Waals surface area contributed by atoms with Crippen LogP contribution in [0.25, 0.3) is 5.82 Å². The van der Waals surface area contributed by atoms with Gasteiger partial charge in [0.2, 0.25) is 0 Å². The van der Waals surface area contributed by atoms with Gasteiger partial charge in [-0.25, -0.2) is 9.78 Å². The minimum atomic E-state index is -0.873. The normalized spacial score (nSPS) is 11.3. The van der Waals surface area contributed by atoms with Gasteiger partial charge in [-0.1, -0.05) is 20.8 Å². The van der Waals surface area contributed by atoms with Crippen LogP contribution in [0.1, 0.15) is 26.5 Å². The largest absolute Gasteiger partial charge is 0.410 e. The molecule has 0 saturated heterocycles. The van der Waals surface area contributed by atoms with Crippen molar-refractivity contribution in [3.05, 3.63) is 24.2 Å². The Balaban J connectivity index is 2.51. The summed E-state index contributed by atoms with van der Waals surface area (Å²) in [5, 5.41) is 10.9. The Morgan fingerprint density at radius 2 is 2.11 bits per heavy atom. The standard InChI is InChI=1S/C11H14N6O2/c1-11(2,3)9-7(19-10(12)18)4-5-8(14-9)17-6-13-15-16-17/h4-6H,1-3H3,(H2,12,18). The van der Waals surface area contributed by atoms with E-state index in [0.717, 1.165) is 0 Å². The maximum Gasteiger partial charge on any atom is 0.410 e. The van der Waals surface area contributed by atoms with Crippen LogP contribution < -0.4 is 10.5 Å². The number of nitrogens with two attached hydrogens (primary N) is 1. The first-order valence-electron chi connectivity index (χ1n) is 5.60. The van der Waals surface area contributed by atoms with Crippen LogP contribution in [0.2, 0.25) is 0 Å². The van der Waals surface area contributed by atoms with E-state index in [1.165, 1.54) is 11.0 Å². The summed E-state index contributed by atoms with van der Waals surface area (Å²) in [6.45, 7) is 5.85. The molecule has 0 radical (unpaired) electrons. The number of tetrazole rings is 1. The summed E-state index contributed by atoms with van der Waals surface area (Å²) in [6, 6.07) is 3.26. The minimum Gasteiger partial charge on any atom is -0.409 e. The molecule has 0 saturated carbocycles. The van der Waals surface area contributed by atoms with Crippen molar-refractivity contribution in [3.63, 3.8) is 0 Å². The fraction of sp³-hybridized carbons (Fsp3) is 0.364. The molecule has 2 aromatic heterocycles. The van der Waals surface area contributed by atoms with Gasteiger partial charge < -0.3 is 10.5 Å². The highest BCUT2D eigenvalue weighted by atomic mass is 16.5. The molecule has 2 N–H and O–H groups in total. The maximum atomic E-state index is 10.9. The number of pyridine rings is 1. The Kier molecular flexibility index (Phi) is 3.16. The summed E-state index contributed by atoms with van der Waals surface area (Å²) in [7, 11) is 0. The molecule has 0 aliphatic heterocycles. The molecule has 0 atom stereocenters. The predicted molar refractivity (Wildman–Crippen MR) is 65.9 cm³/mol. The SMILES string of the molecule is CC(C)(C)c1nc(-n2cnnn2)ccc1OC(N)=O. The zero-order valence-corrected chi connectivity index (χ0v) is 10.9. The summed E-state index contributed by atoms with van der Waals surface area (Å²) >= 11 is 0. The van der Waals surface area contributed by atoms with E-state index in [1.54, 1.807) is 12.1 Å². The van der Waals surface area contributed by atoms with E-state index in [2.05, 4.69) is 20.5 Å². The Labute approximate surface area is 109 Å². The van der Waals surface area contributed by atoms with Gasteiger partial charge in [-0.2, -0.15) is 4.68 Å². The Hall–Kier alpha value is -2.51. The summed E-state index contributed by atoms with van der Waals surface area (Å²) in [5.74, 6) is 0.864. The molecule has 2 rings (SSSR count). The van der Waals surface area contributed by atoms with Crippen molar-refractivity contribution in [2.45, 2.75) is 26.2 Å². The molecule has 0 aliphatic carbocycles. The van der Waals surface area contributed by atoms with Crippen molar-refractivity contribution >= 4 is 6.09 Å². The van der Waals surface area contributed by atoms with Crippen LogP contribution in [0, 0.1) is 0 Å². The number of hydrogen-bond acceptors (Lipinski definition) is 6. The van der Waals surface area contributed by atoms with Crippen LogP contribution in [0.3, 0.4) is 0 Å². The topological polar surface area (TPSA) is 109 Å². The van der Waals surface area contributed by atoms with E-state index in [1.807, 2.05) is 20.8 Å². The monoisotopic (exact) mass is 262 g/mol. The zero-order valence-electron chi connectivity index (χ0n) is 10.9. The quantitative estimate of drug-likeness (QED) is 0.857. The van der Waals surface area contributed by atoms with E-state index in [9.17, 15) is 4.79 Å². The van der Waals surface area contributed by atoms with Gasteiger partial charge in [0, 0.05) is 5.41 Å². The predicted octanol–water partition coefficient (Wildman–Crippen LogP) is 0.812. The van der Waals surface area contributed by atoms with Crippen LogP contribution in [0.15, 0.2) is 18.5 Å². The number of nitrogens with zero attached hydrogens (tertiary/aromatic N) is 5. The molecule has 0 unspecified atom stereocenters. The second kappa shape index (κ2) is 4.63. The molecule has 8 nitrogen and oxygen atoms in total. The third-order valence-electron chi connectivity index (χ3n) is 2.35. The van der Waals surface area contributed by atoms with Crippen LogP contribution in [-0.2, 0) is 5.41 Å². The molecule has 0 bridgehead atoms. The maximum absolute atomic E-state index is 10.9. The van der Waals surface area contributed by atoms with Crippen molar-refractivity contribution in [1.29, 1.82) is 0 Å². The lowest BCUT2D eigenvalue weighted by Gasteiger charge is -2.21. The summed E-state index contributed by atoms with van der Waals surface area (Å²) in [5.41, 5.74) is 5.31. The zero-order chi connectivity index (χ0) is 14.0. The number of hydrogen-bond donors (Lipinski definition) is 1. The Bertz CT molecular complexity index is 588. The molecule has 1 amide bonds. The summed E-state index contributed by atoms with van der Waals surface area (Å²) < 4.78 is 6.38. The number of rotatable bonds is 2. The average Bonchev–Trinajstić information content (AvgIpc) is 2.80. The first kappa shape index (κ1) is 12.9. The molecule has 19 heavy (non-hydrogen) atoms. The van der Waals surface area contributed by atoms with Crippen molar-refractivity contribution in [2.24, 2.45) is 5.73 Å². The number of carbonyl (C=O) groups excluding carboxylic acids is 1. The van der Waals surface area contributed by atoms with Gasteiger partial charge in [0.25, 0.3) is 0 Å². The highest BCUT2D eigenvalue weighted by Gasteiger charge is 2.23. The van der Waals surface area contributed by atoms with Gasteiger partial charge in [0.05, 0.1) is 5.69 Å². The van der Waals surface area contributed by atoms with Gasteiger partial charge in [-0.3, -0.25) is 0 Å². The molecular weight excluding hydrogens is 248 g/mol. The fourth-order valence-electron chi connectivity index (χ4n) is 1.56. The van der Waals surface area contributed by atoms with Gasteiger partial charge in [0.1, 0.15) is 6.33 Å². The fourth-order valence-corrected chi connectivity index (χ4v) is 1.56. The van der Waals surface area contributed by atoms with E-state index in [0.29, 0.717) is 17.3 Å². The van der Waals surface area contributed by atoms with E-state index < -0.39 is 6.09 Å². The van der Waals surface area contributed by atoms with E-state index in [-0.39, 0.29) is 5.41 Å². The lowest BCUT2D eigenvalue weighted by molar-refractivity contribution is 0.209. The highest BCUT2D eigenvalue weighted by Crippen LogP contribution is 2.30. The van der Waals surface area contributed by atoms with E-state index >= 15 is 0 Å². The molecule has 0 spiro atoms. The average molecular weight is 262 g/mol. The molecule has 0 fully saturated rings. The van der Waals surface area contributed by atoms with Crippen molar-refractivity contribution in [3.8, 4) is 11.6 Å². The number of amides is 1. The van der Waals surface area contributed by atoms with Crippen LogP contribution in [0.5, 0.6) is 5.75 Å². The number of carbonyl (C=O) groups is 1. The van der Waals surface area contributed by atoms with Crippen LogP contribution >= 0.6 is 0 Å². The first-order chi connectivity index (χ1) is 8.88. The molecule has 8 heteroatoms. The minimum absolute atomic E-state index is 0.325. The molecule has 2 aromatic rings. The molecule has 0 aromatic carbocycles. The summed E-state index contributed by atoms with van der Waals surface area (Å²) in [4.78, 5) is 15.3. The van der Waals surface area contributed by atoms with Crippen LogP contribution in [0.4, 0.5) is 4.79 Å². The third kappa shape index (κ3) is 2.84. The van der Waals surface area contributed by atoms with Gasteiger partial charge in [-0.15, -0.1) is 5.10 Å². The molecule has 100 valence electrons.